The van der Waals surface area contributed by atoms with E-state index in [1.165, 1.54) is 24.3 Å². The minimum Gasteiger partial charge on any atom is -0.368 e. The molecule has 0 atom stereocenters. The Kier molecular flexibility index (Phi) is 5.05. The van der Waals surface area contributed by atoms with Crippen LogP contribution in [-0.2, 0) is 0 Å². The third kappa shape index (κ3) is 3.89. The van der Waals surface area contributed by atoms with Crippen LogP contribution >= 0.6 is 0 Å². The van der Waals surface area contributed by atoms with Crippen molar-refractivity contribution in [3.63, 3.8) is 0 Å². The number of anilines is 2. The molecule has 1 aromatic carbocycles. The molecule has 1 N–H and O–H groups in total. The summed E-state index contributed by atoms with van der Waals surface area (Å²) in [5, 5.41) is 2.76. The van der Waals surface area contributed by atoms with Crippen LogP contribution < -0.4 is 10.2 Å². The molecule has 0 unspecified atom stereocenters. The van der Waals surface area contributed by atoms with Gasteiger partial charge in [-0.05, 0) is 36.9 Å². The first-order valence-corrected chi connectivity index (χ1v) is 8.15. The SMILES string of the molecule is CCN1CCN(c2cncc(C(=O)Nc3ccc(F)cc3)c2)CC1. The number of piperazine rings is 1. The van der Waals surface area contributed by atoms with Gasteiger partial charge < -0.3 is 15.1 Å². The van der Waals surface area contributed by atoms with Crippen molar-refractivity contribution < 1.29 is 9.18 Å². The number of carbonyl (C=O) groups is 1. The van der Waals surface area contributed by atoms with Gasteiger partial charge in [0.1, 0.15) is 5.82 Å². The second-order valence-corrected chi connectivity index (χ2v) is 5.81. The van der Waals surface area contributed by atoms with Crippen molar-refractivity contribution in [3.05, 3.63) is 54.1 Å². The Morgan fingerprint density at radius 1 is 1.17 bits per heavy atom. The summed E-state index contributed by atoms with van der Waals surface area (Å²) in [6.07, 6.45) is 3.33. The number of aromatic nitrogens is 1. The first kappa shape index (κ1) is 16.4. The Morgan fingerprint density at radius 2 is 1.88 bits per heavy atom. The van der Waals surface area contributed by atoms with Crippen molar-refractivity contribution in [2.75, 3.05) is 42.9 Å². The standard InChI is InChI=1S/C18H21FN4O/c1-2-22-7-9-23(10-8-22)17-11-14(12-20-13-17)18(24)21-16-5-3-15(19)4-6-16/h3-6,11-13H,2,7-10H2,1H3,(H,21,24). The third-order valence-corrected chi connectivity index (χ3v) is 4.27. The number of benzene rings is 1. The fourth-order valence-corrected chi connectivity index (χ4v) is 2.78. The molecule has 1 aliphatic rings. The summed E-state index contributed by atoms with van der Waals surface area (Å²) >= 11 is 0. The van der Waals surface area contributed by atoms with Crippen LogP contribution in [0.1, 0.15) is 17.3 Å². The van der Waals surface area contributed by atoms with E-state index in [1.807, 2.05) is 6.07 Å². The van der Waals surface area contributed by atoms with Gasteiger partial charge in [-0.15, -0.1) is 0 Å². The molecule has 5 nitrogen and oxygen atoms in total. The summed E-state index contributed by atoms with van der Waals surface area (Å²) in [7, 11) is 0. The number of likely N-dealkylation sites (N-methyl/N-ethyl adjacent to an activating group) is 1. The fraction of sp³-hybridized carbons (Fsp3) is 0.333. The summed E-state index contributed by atoms with van der Waals surface area (Å²) in [5.74, 6) is -0.578. The van der Waals surface area contributed by atoms with Crippen molar-refractivity contribution in [3.8, 4) is 0 Å². The minimum absolute atomic E-state index is 0.247. The number of hydrogen-bond donors (Lipinski definition) is 1. The van der Waals surface area contributed by atoms with Crippen LogP contribution in [-0.4, -0.2) is 48.5 Å². The van der Waals surface area contributed by atoms with Gasteiger partial charge in [0.15, 0.2) is 0 Å². The van der Waals surface area contributed by atoms with E-state index in [-0.39, 0.29) is 11.7 Å². The summed E-state index contributed by atoms with van der Waals surface area (Å²) in [5.41, 5.74) is 2.01. The zero-order valence-corrected chi connectivity index (χ0v) is 13.7. The molecule has 2 heterocycles. The largest absolute Gasteiger partial charge is 0.368 e. The average molecular weight is 328 g/mol. The molecular weight excluding hydrogens is 307 g/mol. The van der Waals surface area contributed by atoms with Gasteiger partial charge in [-0.1, -0.05) is 6.92 Å². The van der Waals surface area contributed by atoms with Crippen molar-refractivity contribution in [2.45, 2.75) is 6.92 Å². The summed E-state index contributed by atoms with van der Waals surface area (Å²) in [4.78, 5) is 21.2. The van der Waals surface area contributed by atoms with Crippen LogP contribution in [0.3, 0.4) is 0 Å². The molecule has 0 aliphatic carbocycles. The Balaban J connectivity index is 1.68. The van der Waals surface area contributed by atoms with Gasteiger partial charge in [0, 0.05) is 38.1 Å². The number of rotatable bonds is 4. The lowest BCUT2D eigenvalue weighted by Gasteiger charge is -2.35. The van der Waals surface area contributed by atoms with Gasteiger partial charge in [0.2, 0.25) is 0 Å². The summed E-state index contributed by atoms with van der Waals surface area (Å²) in [6, 6.07) is 7.56. The van der Waals surface area contributed by atoms with Crippen LogP contribution in [0.15, 0.2) is 42.7 Å². The highest BCUT2D eigenvalue weighted by atomic mass is 19.1. The predicted molar refractivity (Wildman–Crippen MR) is 92.9 cm³/mol. The van der Waals surface area contributed by atoms with E-state index >= 15 is 0 Å². The molecule has 0 radical (unpaired) electrons. The van der Waals surface area contributed by atoms with E-state index in [0.29, 0.717) is 11.3 Å². The van der Waals surface area contributed by atoms with E-state index in [2.05, 4.69) is 27.0 Å². The molecule has 1 amide bonds. The van der Waals surface area contributed by atoms with E-state index < -0.39 is 0 Å². The second kappa shape index (κ2) is 7.40. The smallest absolute Gasteiger partial charge is 0.257 e. The van der Waals surface area contributed by atoms with Crippen molar-refractivity contribution >= 4 is 17.3 Å². The molecule has 1 aromatic heterocycles. The Hall–Kier alpha value is -2.47. The number of nitrogens with one attached hydrogen (secondary N) is 1. The van der Waals surface area contributed by atoms with E-state index in [9.17, 15) is 9.18 Å². The number of halogens is 1. The predicted octanol–water partition coefficient (Wildman–Crippen LogP) is 2.61. The van der Waals surface area contributed by atoms with Crippen molar-refractivity contribution in [2.24, 2.45) is 0 Å². The zero-order valence-electron chi connectivity index (χ0n) is 13.7. The van der Waals surface area contributed by atoms with Gasteiger partial charge in [0.05, 0.1) is 17.4 Å². The lowest BCUT2D eigenvalue weighted by atomic mass is 10.2. The molecule has 6 heteroatoms. The van der Waals surface area contributed by atoms with Gasteiger partial charge in [-0.2, -0.15) is 0 Å². The molecule has 0 spiro atoms. The number of nitrogens with zero attached hydrogens (tertiary/aromatic N) is 3. The maximum atomic E-state index is 12.9. The quantitative estimate of drug-likeness (QED) is 0.937. The van der Waals surface area contributed by atoms with Crippen molar-refractivity contribution in [1.29, 1.82) is 0 Å². The maximum absolute atomic E-state index is 12.9. The van der Waals surface area contributed by atoms with Crippen LogP contribution in [0.5, 0.6) is 0 Å². The first-order valence-electron chi connectivity index (χ1n) is 8.15. The van der Waals surface area contributed by atoms with Crippen molar-refractivity contribution in [1.82, 2.24) is 9.88 Å². The zero-order chi connectivity index (χ0) is 16.9. The highest BCUT2D eigenvalue weighted by molar-refractivity contribution is 6.04. The van der Waals surface area contributed by atoms with E-state index in [0.717, 1.165) is 38.4 Å². The molecule has 2 aromatic rings. The van der Waals surface area contributed by atoms with E-state index in [1.54, 1.807) is 12.4 Å². The Labute approximate surface area is 141 Å². The highest BCUT2D eigenvalue weighted by Gasteiger charge is 2.17. The lowest BCUT2D eigenvalue weighted by molar-refractivity contribution is 0.102. The highest BCUT2D eigenvalue weighted by Crippen LogP contribution is 2.18. The number of amides is 1. The van der Waals surface area contributed by atoms with Gasteiger partial charge in [-0.3, -0.25) is 9.78 Å². The lowest BCUT2D eigenvalue weighted by Crippen LogP contribution is -2.46. The number of carbonyl (C=O) groups excluding carboxylic acids is 1. The average Bonchev–Trinajstić information content (AvgIpc) is 2.64. The monoisotopic (exact) mass is 328 g/mol. The molecule has 0 bridgehead atoms. The number of hydrogen-bond acceptors (Lipinski definition) is 4. The second-order valence-electron chi connectivity index (χ2n) is 5.81. The van der Waals surface area contributed by atoms with Gasteiger partial charge >= 0.3 is 0 Å². The molecule has 1 fully saturated rings. The van der Waals surface area contributed by atoms with Crippen LogP contribution in [0, 0.1) is 5.82 Å². The molecule has 3 rings (SSSR count). The maximum Gasteiger partial charge on any atom is 0.257 e. The van der Waals surface area contributed by atoms with Gasteiger partial charge in [0.25, 0.3) is 5.91 Å². The van der Waals surface area contributed by atoms with Gasteiger partial charge in [-0.25, -0.2) is 4.39 Å². The molecule has 1 aliphatic heterocycles. The van der Waals surface area contributed by atoms with Crippen LogP contribution in [0.2, 0.25) is 0 Å². The topological polar surface area (TPSA) is 48.5 Å². The Bertz CT molecular complexity index is 696. The van der Waals surface area contributed by atoms with Crippen LogP contribution in [0.25, 0.3) is 0 Å². The minimum atomic E-state index is -0.331. The summed E-state index contributed by atoms with van der Waals surface area (Å²) in [6.45, 7) is 7.12. The first-order chi connectivity index (χ1) is 11.7. The molecule has 1 saturated heterocycles. The molecule has 24 heavy (non-hydrogen) atoms. The van der Waals surface area contributed by atoms with Crippen LogP contribution in [0.4, 0.5) is 15.8 Å². The fourth-order valence-electron chi connectivity index (χ4n) is 2.78. The normalized spacial score (nSPS) is 15.3. The number of pyridine rings is 1. The molecule has 0 saturated carbocycles. The molecule has 126 valence electrons. The summed E-state index contributed by atoms with van der Waals surface area (Å²) < 4.78 is 12.9. The third-order valence-electron chi connectivity index (χ3n) is 4.27. The Morgan fingerprint density at radius 3 is 2.54 bits per heavy atom. The molecular formula is C18H21FN4O. The van der Waals surface area contributed by atoms with E-state index in [4.69, 9.17) is 0 Å².